The van der Waals surface area contributed by atoms with Crippen molar-refractivity contribution in [2.75, 3.05) is 40.3 Å². The Morgan fingerprint density at radius 2 is 1.85 bits per heavy atom. The summed E-state index contributed by atoms with van der Waals surface area (Å²) in [6, 6.07) is 0. The number of hydrazine groups is 1. The maximum atomic E-state index is 11.5. The summed E-state index contributed by atoms with van der Waals surface area (Å²) < 4.78 is 24.5. The van der Waals surface area contributed by atoms with Crippen LogP contribution in [0, 0.1) is 0 Å². The average Bonchev–Trinajstić information content (AvgIpc) is 2.04. The van der Waals surface area contributed by atoms with E-state index in [4.69, 9.17) is 0 Å². The highest BCUT2D eigenvalue weighted by atomic mass is 32.2. The van der Waals surface area contributed by atoms with Crippen molar-refractivity contribution >= 4 is 10.2 Å². The van der Waals surface area contributed by atoms with E-state index in [0.29, 0.717) is 26.2 Å². The van der Waals surface area contributed by atoms with Gasteiger partial charge in [-0.15, -0.1) is 4.83 Å². The predicted octanol–water partition coefficient (Wildman–Crippen LogP) is -1.80. The van der Waals surface area contributed by atoms with E-state index in [1.165, 1.54) is 9.31 Å². The monoisotopic (exact) mass is 208 g/mol. The smallest absolute Gasteiger partial charge is 0.292 e. The lowest BCUT2D eigenvalue weighted by molar-refractivity contribution is 0.310. The van der Waals surface area contributed by atoms with Gasteiger partial charge in [-0.1, -0.05) is 0 Å². The van der Waals surface area contributed by atoms with Gasteiger partial charge in [-0.2, -0.15) is 12.7 Å². The Morgan fingerprint density at radius 3 is 2.31 bits per heavy atom. The van der Waals surface area contributed by atoms with E-state index in [-0.39, 0.29) is 0 Å². The highest BCUT2D eigenvalue weighted by Crippen LogP contribution is 1.99. The van der Waals surface area contributed by atoms with Crippen LogP contribution in [0.25, 0.3) is 0 Å². The fraction of sp³-hybridized carbons (Fsp3) is 1.00. The zero-order valence-corrected chi connectivity index (χ0v) is 8.76. The summed E-state index contributed by atoms with van der Waals surface area (Å²) in [5.41, 5.74) is 0. The lowest BCUT2D eigenvalue weighted by Crippen LogP contribution is -2.53. The Balaban J connectivity index is 2.57. The molecule has 7 heteroatoms. The minimum absolute atomic E-state index is 0.531. The molecule has 0 amide bonds. The maximum Gasteiger partial charge on any atom is 0.292 e. The zero-order chi connectivity index (χ0) is 9.90. The van der Waals surface area contributed by atoms with Gasteiger partial charge < -0.3 is 5.32 Å². The van der Waals surface area contributed by atoms with Crippen molar-refractivity contribution in [2.24, 2.45) is 0 Å². The molecule has 0 saturated carbocycles. The van der Waals surface area contributed by atoms with E-state index in [9.17, 15) is 8.42 Å². The quantitative estimate of drug-likeness (QED) is 0.537. The molecule has 0 aromatic heterocycles. The van der Waals surface area contributed by atoms with Crippen LogP contribution in [0.15, 0.2) is 0 Å². The fourth-order valence-corrected chi connectivity index (χ4v) is 2.41. The van der Waals surface area contributed by atoms with Crippen molar-refractivity contribution < 1.29 is 8.42 Å². The Bertz CT molecular complexity index is 245. The van der Waals surface area contributed by atoms with Crippen molar-refractivity contribution in [3.63, 3.8) is 0 Å². The molecule has 0 aromatic carbocycles. The zero-order valence-electron chi connectivity index (χ0n) is 7.95. The Hall–Kier alpha value is -0.210. The van der Waals surface area contributed by atoms with Gasteiger partial charge in [0.2, 0.25) is 0 Å². The van der Waals surface area contributed by atoms with Crippen molar-refractivity contribution in [1.82, 2.24) is 19.5 Å². The largest absolute Gasteiger partial charge is 0.314 e. The van der Waals surface area contributed by atoms with Crippen LogP contribution in [0.5, 0.6) is 0 Å². The highest BCUT2D eigenvalue weighted by Gasteiger charge is 2.23. The number of piperazine rings is 1. The van der Waals surface area contributed by atoms with Gasteiger partial charge in [0.1, 0.15) is 0 Å². The molecular weight excluding hydrogens is 192 g/mol. The number of rotatable bonds is 3. The number of nitrogens with one attached hydrogen (secondary N) is 2. The van der Waals surface area contributed by atoms with Crippen LogP contribution in [-0.2, 0) is 10.2 Å². The third-order valence-corrected chi connectivity index (χ3v) is 3.35. The second-order valence-corrected chi connectivity index (χ2v) is 4.79. The van der Waals surface area contributed by atoms with Gasteiger partial charge in [0, 0.05) is 40.3 Å². The SMILES string of the molecule is CN(C)NS(=O)(=O)N1CCNCC1. The number of hydrogen-bond acceptors (Lipinski definition) is 4. The normalized spacial score (nSPS) is 20.8. The second kappa shape index (κ2) is 4.34. The van der Waals surface area contributed by atoms with Crippen LogP contribution in [0.4, 0.5) is 0 Å². The van der Waals surface area contributed by atoms with E-state index >= 15 is 0 Å². The molecule has 1 saturated heterocycles. The van der Waals surface area contributed by atoms with Gasteiger partial charge in [-0.3, -0.25) is 0 Å². The van der Waals surface area contributed by atoms with E-state index in [1.807, 2.05) is 0 Å². The van der Waals surface area contributed by atoms with E-state index in [2.05, 4.69) is 10.1 Å². The Labute approximate surface area is 79.0 Å². The Morgan fingerprint density at radius 1 is 1.31 bits per heavy atom. The van der Waals surface area contributed by atoms with Crippen molar-refractivity contribution in [2.45, 2.75) is 0 Å². The molecule has 13 heavy (non-hydrogen) atoms. The van der Waals surface area contributed by atoms with E-state index in [0.717, 1.165) is 0 Å². The third-order valence-electron chi connectivity index (χ3n) is 1.71. The molecule has 0 aliphatic carbocycles. The minimum atomic E-state index is -3.31. The number of nitrogens with zero attached hydrogens (tertiary/aromatic N) is 2. The molecule has 1 aliphatic heterocycles. The Kier molecular flexibility index (Phi) is 3.63. The molecule has 0 atom stereocenters. The molecular formula is C6H16N4O2S. The summed E-state index contributed by atoms with van der Waals surface area (Å²) in [7, 11) is -0.00828. The van der Waals surface area contributed by atoms with Crippen LogP contribution < -0.4 is 10.1 Å². The lowest BCUT2D eigenvalue weighted by atomic mass is 10.4. The van der Waals surface area contributed by atoms with Crippen LogP contribution in [-0.4, -0.2) is 58.0 Å². The van der Waals surface area contributed by atoms with Gasteiger partial charge >= 0.3 is 0 Å². The van der Waals surface area contributed by atoms with Crippen molar-refractivity contribution in [3.05, 3.63) is 0 Å². The average molecular weight is 208 g/mol. The minimum Gasteiger partial charge on any atom is -0.314 e. The van der Waals surface area contributed by atoms with Gasteiger partial charge in [0.05, 0.1) is 0 Å². The summed E-state index contributed by atoms with van der Waals surface area (Å²) in [5.74, 6) is 0. The van der Waals surface area contributed by atoms with Gasteiger partial charge in [0.15, 0.2) is 0 Å². The van der Waals surface area contributed by atoms with E-state index < -0.39 is 10.2 Å². The van der Waals surface area contributed by atoms with E-state index in [1.54, 1.807) is 14.1 Å². The second-order valence-electron chi connectivity index (χ2n) is 3.14. The molecule has 1 aliphatic rings. The summed E-state index contributed by atoms with van der Waals surface area (Å²) in [4.78, 5) is 2.39. The first kappa shape index (κ1) is 10.9. The first-order chi connectivity index (χ1) is 6.02. The molecule has 0 unspecified atom stereocenters. The summed E-state index contributed by atoms with van der Waals surface area (Å²) in [6.07, 6.45) is 0. The van der Waals surface area contributed by atoms with Crippen LogP contribution >= 0.6 is 0 Å². The van der Waals surface area contributed by atoms with Crippen molar-refractivity contribution in [3.8, 4) is 0 Å². The third kappa shape index (κ3) is 3.20. The molecule has 0 bridgehead atoms. The lowest BCUT2D eigenvalue weighted by Gasteiger charge is -2.27. The molecule has 1 rings (SSSR count). The van der Waals surface area contributed by atoms with Gasteiger partial charge in [-0.05, 0) is 0 Å². The first-order valence-corrected chi connectivity index (χ1v) is 5.62. The highest BCUT2D eigenvalue weighted by molar-refractivity contribution is 7.87. The molecule has 0 radical (unpaired) electrons. The van der Waals surface area contributed by atoms with Crippen molar-refractivity contribution in [1.29, 1.82) is 0 Å². The molecule has 1 fully saturated rings. The molecule has 6 nitrogen and oxygen atoms in total. The summed E-state index contributed by atoms with van der Waals surface area (Å²) in [5, 5.41) is 4.52. The van der Waals surface area contributed by atoms with Crippen LogP contribution in [0.3, 0.4) is 0 Å². The van der Waals surface area contributed by atoms with Gasteiger partial charge in [0.25, 0.3) is 10.2 Å². The van der Waals surface area contributed by atoms with Crippen LogP contribution in [0.1, 0.15) is 0 Å². The van der Waals surface area contributed by atoms with Crippen LogP contribution in [0.2, 0.25) is 0 Å². The predicted molar refractivity (Wildman–Crippen MR) is 50.2 cm³/mol. The molecule has 78 valence electrons. The maximum absolute atomic E-state index is 11.5. The summed E-state index contributed by atoms with van der Waals surface area (Å²) >= 11 is 0. The summed E-state index contributed by atoms with van der Waals surface area (Å²) in [6.45, 7) is 2.50. The molecule has 0 aromatic rings. The fourth-order valence-electron chi connectivity index (χ4n) is 1.17. The standard InChI is InChI=1S/C6H16N4O2S/c1-9(2)8-13(11,12)10-5-3-7-4-6-10/h7-8H,3-6H2,1-2H3. The number of hydrogen-bond donors (Lipinski definition) is 2. The molecule has 0 spiro atoms. The molecule has 2 N–H and O–H groups in total. The topological polar surface area (TPSA) is 64.7 Å². The van der Waals surface area contributed by atoms with Gasteiger partial charge in [-0.25, -0.2) is 5.01 Å². The first-order valence-electron chi connectivity index (χ1n) is 4.18. The molecule has 1 heterocycles.